The molecule has 2 heterocycles. The van der Waals surface area contributed by atoms with E-state index < -0.39 is 0 Å². The van der Waals surface area contributed by atoms with E-state index in [0.29, 0.717) is 0 Å². The molecule has 42 heavy (non-hydrogen) atoms. The highest BCUT2D eigenvalue weighted by Crippen LogP contribution is 2.35. The summed E-state index contributed by atoms with van der Waals surface area (Å²) in [6, 6.07) is 34.9. The molecular weight excluding hydrogens is 512 g/mol. The van der Waals surface area contributed by atoms with E-state index in [1.54, 1.807) is 0 Å². The fraction of sp³-hybridized carbons (Fsp3) is 0.211. The van der Waals surface area contributed by atoms with Gasteiger partial charge in [0.1, 0.15) is 0 Å². The third-order valence-corrected chi connectivity index (χ3v) is 7.97. The Morgan fingerprint density at radius 2 is 1.00 bits per heavy atom. The van der Waals surface area contributed by atoms with Crippen LogP contribution in [0.25, 0.3) is 45.0 Å². The zero-order chi connectivity index (χ0) is 29.5. The van der Waals surface area contributed by atoms with E-state index in [9.17, 15) is 0 Å². The van der Waals surface area contributed by atoms with Crippen LogP contribution in [0.1, 0.15) is 52.7 Å². The summed E-state index contributed by atoms with van der Waals surface area (Å²) in [5.74, 6) is 0. The lowest BCUT2D eigenvalue weighted by molar-refractivity contribution is 0.590. The second-order valence-electron chi connectivity index (χ2n) is 13.0. The summed E-state index contributed by atoms with van der Waals surface area (Å²) in [4.78, 5) is 9.17. The van der Waals surface area contributed by atoms with Crippen LogP contribution in [0.15, 0.2) is 122 Å². The van der Waals surface area contributed by atoms with Crippen LogP contribution in [0.3, 0.4) is 0 Å². The van der Waals surface area contributed by atoms with Gasteiger partial charge in [-0.25, -0.2) is 9.97 Å². The first kappa shape index (κ1) is 27.5. The van der Waals surface area contributed by atoms with Crippen LogP contribution in [-0.4, -0.2) is 19.1 Å². The number of imidazole rings is 2. The van der Waals surface area contributed by atoms with Gasteiger partial charge in [0.25, 0.3) is 0 Å². The summed E-state index contributed by atoms with van der Waals surface area (Å²) < 4.78 is 4.37. The van der Waals surface area contributed by atoms with Crippen molar-refractivity contribution in [2.24, 2.45) is 0 Å². The summed E-state index contributed by atoms with van der Waals surface area (Å²) >= 11 is 0. The number of hydrogen-bond acceptors (Lipinski definition) is 2. The zero-order valence-electron chi connectivity index (χ0n) is 25.3. The van der Waals surface area contributed by atoms with Gasteiger partial charge in [-0.2, -0.15) is 0 Å². The highest BCUT2D eigenvalue weighted by atomic mass is 15.1. The van der Waals surface area contributed by atoms with Crippen molar-refractivity contribution < 1.29 is 0 Å². The van der Waals surface area contributed by atoms with Crippen molar-refractivity contribution in [2.45, 2.75) is 52.4 Å². The highest BCUT2D eigenvalue weighted by molar-refractivity contribution is 5.77. The number of nitrogens with zero attached hydrogens (tertiary/aromatic N) is 4. The van der Waals surface area contributed by atoms with Gasteiger partial charge in [-0.15, -0.1) is 0 Å². The molecule has 6 aromatic rings. The molecular formula is C38H38N4. The Labute approximate surface area is 249 Å². The lowest BCUT2D eigenvalue weighted by Gasteiger charge is -2.20. The molecule has 210 valence electrons. The maximum Gasteiger partial charge on any atom is 0.0997 e. The van der Waals surface area contributed by atoms with Gasteiger partial charge in [-0.1, -0.05) is 126 Å². The van der Waals surface area contributed by atoms with Gasteiger partial charge < -0.3 is 0 Å². The second-order valence-corrected chi connectivity index (χ2v) is 13.0. The van der Waals surface area contributed by atoms with Crippen molar-refractivity contribution in [3.63, 3.8) is 0 Å². The van der Waals surface area contributed by atoms with Crippen LogP contribution in [0.4, 0.5) is 0 Å². The van der Waals surface area contributed by atoms with E-state index in [1.165, 1.54) is 11.1 Å². The quantitative estimate of drug-likeness (QED) is 0.214. The van der Waals surface area contributed by atoms with Crippen LogP contribution < -0.4 is 0 Å². The van der Waals surface area contributed by atoms with Crippen LogP contribution in [0, 0.1) is 0 Å². The van der Waals surface area contributed by atoms with Crippen LogP contribution in [0.5, 0.6) is 0 Å². The Morgan fingerprint density at radius 3 is 1.52 bits per heavy atom. The maximum atomic E-state index is 4.61. The Bertz CT molecular complexity index is 1810. The minimum Gasteiger partial charge on any atom is -0.299 e. The molecule has 0 aliphatic carbocycles. The minimum absolute atomic E-state index is 0.100. The smallest absolute Gasteiger partial charge is 0.0997 e. The van der Waals surface area contributed by atoms with E-state index in [1.807, 2.05) is 25.0 Å². The standard InChI is InChI=1S/C38H38N4/c1-37(2,3)30-16-12-28(13-17-30)35-23-39-25-41(35)32-20-21-33(27-10-8-7-9-11-27)34(22-32)42-26-40-24-36(42)29-14-18-31(19-15-29)38(4,5)6/h7-26H,1-6H3. The molecule has 0 radical (unpaired) electrons. The molecule has 0 saturated heterocycles. The average molecular weight is 551 g/mol. The molecule has 6 rings (SSSR count). The SMILES string of the molecule is CC(C)(C)c1ccc(-c2cncn2-c2ccc(-c3ccccc3)c(-n3cncc3-c3ccc(C(C)(C)C)cc3)c2)cc1. The number of rotatable bonds is 5. The highest BCUT2D eigenvalue weighted by Gasteiger charge is 2.18. The van der Waals surface area contributed by atoms with Gasteiger partial charge in [-0.05, 0) is 39.7 Å². The van der Waals surface area contributed by atoms with E-state index >= 15 is 0 Å². The molecule has 0 atom stereocenters. The molecule has 4 aromatic carbocycles. The molecule has 4 heteroatoms. The molecule has 0 bridgehead atoms. The van der Waals surface area contributed by atoms with E-state index in [-0.39, 0.29) is 10.8 Å². The van der Waals surface area contributed by atoms with Crippen molar-refractivity contribution >= 4 is 0 Å². The van der Waals surface area contributed by atoms with Gasteiger partial charge >= 0.3 is 0 Å². The minimum atomic E-state index is 0.100. The largest absolute Gasteiger partial charge is 0.299 e. The lowest BCUT2D eigenvalue weighted by atomic mass is 9.86. The third-order valence-electron chi connectivity index (χ3n) is 7.97. The summed E-state index contributed by atoms with van der Waals surface area (Å²) in [5.41, 5.74) is 11.6. The lowest BCUT2D eigenvalue weighted by Crippen LogP contribution is -2.10. The molecule has 0 aliphatic heterocycles. The van der Waals surface area contributed by atoms with Crippen molar-refractivity contribution in [1.82, 2.24) is 19.1 Å². The molecule has 0 amide bonds. The topological polar surface area (TPSA) is 35.6 Å². The van der Waals surface area contributed by atoms with Gasteiger partial charge in [0, 0.05) is 22.4 Å². The van der Waals surface area contributed by atoms with Gasteiger partial charge in [0.05, 0.1) is 42.1 Å². The second kappa shape index (κ2) is 10.6. The molecule has 0 N–H and O–H groups in total. The summed E-state index contributed by atoms with van der Waals surface area (Å²) in [6.45, 7) is 13.5. The number of benzene rings is 4. The molecule has 4 nitrogen and oxygen atoms in total. The van der Waals surface area contributed by atoms with E-state index in [4.69, 9.17) is 0 Å². The maximum absolute atomic E-state index is 4.61. The van der Waals surface area contributed by atoms with Gasteiger partial charge in [-0.3, -0.25) is 9.13 Å². The van der Waals surface area contributed by atoms with Gasteiger partial charge in [0.15, 0.2) is 0 Å². The first-order valence-corrected chi connectivity index (χ1v) is 14.6. The number of aromatic nitrogens is 4. The average Bonchev–Trinajstić information content (AvgIpc) is 3.67. The van der Waals surface area contributed by atoms with Crippen molar-refractivity contribution in [2.75, 3.05) is 0 Å². The summed E-state index contributed by atoms with van der Waals surface area (Å²) in [5, 5.41) is 0. The monoisotopic (exact) mass is 550 g/mol. The van der Waals surface area contributed by atoms with Crippen LogP contribution >= 0.6 is 0 Å². The first-order valence-electron chi connectivity index (χ1n) is 14.6. The molecule has 0 spiro atoms. The molecule has 0 saturated carbocycles. The third kappa shape index (κ3) is 5.33. The molecule has 2 aromatic heterocycles. The molecule has 0 aliphatic rings. The van der Waals surface area contributed by atoms with E-state index in [0.717, 1.165) is 45.0 Å². The molecule has 0 fully saturated rings. The van der Waals surface area contributed by atoms with Crippen molar-refractivity contribution in [1.29, 1.82) is 0 Å². The Morgan fingerprint density at radius 1 is 0.500 bits per heavy atom. The van der Waals surface area contributed by atoms with Crippen LogP contribution in [0.2, 0.25) is 0 Å². The molecule has 0 unspecified atom stereocenters. The first-order chi connectivity index (χ1) is 20.1. The van der Waals surface area contributed by atoms with E-state index in [2.05, 4.69) is 158 Å². The Kier molecular flexibility index (Phi) is 6.94. The predicted octanol–water partition coefficient (Wildman–Crippen LogP) is 9.65. The summed E-state index contributed by atoms with van der Waals surface area (Å²) in [6.07, 6.45) is 7.70. The van der Waals surface area contributed by atoms with Crippen LogP contribution in [-0.2, 0) is 10.8 Å². The summed E-state index contributed by atoms with van der Waals surface area (Å²) in [7, 11) is 0. The fourth-order valence-corrected chi connectivity index (χ4v) is 5.43. The predicted molar refractivity (Wildman–Crippen MR) is 174 cm³/mol. The van der Waals surface area contributed by atoms with Crippen molar-refractivity contribution in [3.8, 4) is 45.0 Å². The van der Waals surface area contributed by atoms with Gasteiger partial charge in [0.2, 0.25) is 0 Å². The zero-order valence-corrected chi connectivity index (χ0v) is 25.3. The Balaban J connectivity index is 1.47. The van der Waals surface area contributed by atoms with Crippen molar-refractivity contribution in [3.05, 3.63) is 133 Å². The number of hydrogen-bond donors (Lipinski definition) is 0. The Hall–Kier alpha value is -4.70. The normalized spacial score (nSPS) is 12.0. The fourth-order valence-electron chi connectivity index (χ4n) is 5.43.